The van der Waals surface area contributed by atoms with Crippen molar-refractivity contribution in [3.05, 3.63) is 52.5 Å². The molecule has 4 rings (SSSR count). The molecule has 1 aliphatic heterocycles. The number of aromatic nitrogens is 3. The van der Waals surface area contributed by atoms with Crippen LogP contribution in [0.2, 0.25) is 0 Å². The van der Waals surface area contributed by atoms with E-state index in [2.05, 4.69) is 36.4 Å². The zero-order chi connectivity index (χ0) is 21.1. The number of benzene rings is 2. The second-order valence-corrected chi connectivity index (χ2v) is 8.38. The predicted octanol–water partition coefficient (Wildman–Crippen LogP) is 4.38. The summed E-state index contributed by atoms with van der Waals surface area (Å²) in [6, 6.07) is 12.9. The number of aliphatic carboxylic acids is 1. The number of carbonyl (C=O) groups is 1. The van der Waals surface area contributed by atoms with Gasteiger partial charge in [0.1, 0.15) is 5.75 Å². The van der Waals surface area contributed by atoms with E-state index in [9.17, 15) is 4.79 Å². The van der Waals surface area contributed by atoms with E-state index in [4.69, 9.17) is 14.6 Å². The molecule has 154 valence electrons. The average Bonchev–Trinajstić information content (AvgIpc) is 2.89. The molecule has 30 heavy (non-hydrogen) atoms. The van der Waals surface area contributed by atoms with Crippen molar-refractivity contribution in [3.8, 4) is 22.9 Å². The number of hydrogen-bond donors (Lipinski definition) is 2. The molecule has 2 N–H and O–H groups in total. The van der Waals surface area contributed by atoms with Gasteiger partial charge in [0.15, 0.2) is 12.3 Å². The summed E-state index contributed by atoms with van der Waals surface area (Å²) in [5.41, 5.74) is 2.75. The molecule has 0 saturated carbocycles. The molecule has 0 saturated heterocycles. The van der Waals surface area contributed by atoms with Crippen LogP contribution in [0.1, 0.15) is 18.7 Å². The van der Waals surface area contributed by atoms with Crippen LogP contribution in [0, 0.1) is 0 Å². The van der Waals surface area contributed by atoms with Gasteiger partial charge in [0.05, 0.1) is 5.56 Å². The van der Waals surface area contributed by atoms with Gasteiger partial charge >= 0.3 is 5.97 Å². The van der Waals surface area contributed by atoms with Crippen molar-refractivity contribution in [2.45, 2.75) is 18.3 Å². The number of nitrogens with one attached hydrogen (secondary N) is 1. The third kappa shape index (κ3) is 4.34. The van der Waals surface area contributed by atoms with E-state index in [-0.39, 0.29) is 0 Å². The van der Waals surface area contributed by atoms with Gasteiger partial charge in [-0.05, 0) is 30.0 Å². The monoisotopic (exact) mass is 488 g/mol. The highest BCUT2D eigenvalue weighted by atomic mass is 79.9. The van der Waals surface area contributed by atoms with E-state index in [1.165, 1.54) is 11.8 Å². The first kappa shape index (κ1) is 20.4. The molecule has 0 amide bonds. The number of carboxylic acids is 1. The maximum Gasteiger partial charge on any atom is 0.341 e. The van der Waals surface area contributed by atoms with E-state index < -0.39 is 18.8 Å². The Balaban J connectivity index is 1.80. The molecule has 1 aromatic heterocycles. The Bertz CT molecular complexity index is 1100. The number of halogens is 1. The standard InChI is InChI=1S/C20H17BrN4O4S/c1-2-30-20-23-19-17(24-25-20)12-5-3-4-6-14(12)22-18(29-19)13-9-11(21)7-8-15(13)28-10-16(26)27/h3-9,18,22H,2,10H2,1H3,(H,26,27). The van der Waals surface area contributed by atoms with Gasteiger partial charge < -0.3 is 19.9 Å². The second kappa shape index (κ2) is 8.88. The summed E-state index contributed by atoms with van der Waals surface area (Å²) in [5, 5.41) is 21.4. The van der Waals surface area contributed by atoms with Crippen molar-refractivity contribution in [3.63, 3.8) is 0 Å². The highest BCUT2D eigenvalue weighted by molar-refractivity contribution is 9.10. The van der Waals surface area contributed by atoms with Crippen LogP contribution in [0.5, 0.6) is 11.6 Å². The zero-order valence-electron chi connectivity index (χ0n) is 15.8. The van der Waals surface area contributed by atoms with E-state index in [0.717, 1.165) is 21.5 Å². The van der Waals surface area contributed by atoms with Gasteiger partial charge in [-0.2, -0.15) is 4.98 Å². The highest BCUT2D eigenvalue weighted by Crippen LogP contribution is 2.41. The Morgan fingerprint density at radius 2 is 2.13 bits per heavy atom. The summed E-state index contributed by atoms with van der Waals surface area (Å²) in [7, 11) is 0. The van der Waals surface area contributed by atoms with Crippen LogP contribution in [0.3, 0.4) is 0 Å². The Hall–Kier alpha value is -2.85. The second-order valence-electron chi connectivity index (χ2n) is 6.23. The van der Waals surface area contributed by atoms with E-state index in [1.54, 1.807) is 12.1 Å². The van der Waals surface area contributed by atoms with Gasteiger partial charge in [0.2, 0.25) is 17.3 Å². The Labute approximate surface area is 185 Å². The van der Waals surface area contributed by atoms with Crippen LogP contribution in [0.15, 0.2) is 52.1 Å². The molecule has 2 heterocycles. The molecule has 1 atom stereocenters. The van der Waals surface area contributed by atoms with Gasteiger partial charge in [-0.3, -0.25) is 0 Å². The lowest BCUT2D eigenvalue weighted by Crippen LogP contribution is -2.19. The first-order valence-electron chi connectivity index (χ1n) is 9.09. The highest BCUT2D eigenvalue weighted by Gasteiger charge is 2.28. The molecular formula is C20H17BrN4O4S. The largest absolute Gasteiger partial charge is 0.481 e. The molecule has 10 heteroatoms. The molecule has 8 nitrogen and oxygen atoms in total. The van der Waals surface area contributed by atoms with Crippen molar-refractivity contribution in [2.24, 2.45) is 0 Å². The van der Waals surface area contributed by atoms with Crippen molar-refractivity contribution >= 4 is 39.3 Å². The SMILES string of the molecule is CCSc1nnc2c(n1)OC(c1cc(Br)ccc1OCC(=O)O)Nc1ccccc1-2. The predicted molar refractivity (Wildman–Crippen MR) is 116 cm³/mol. The Morgan fingerprint density at radius 1 is 1.30 bits per heavy atom. The number of fused-ring (bicyclic) bond motifs is 3. The lowest BCUT2D eigenvalue weighted by atomic mass is 10.1. The fourth-order valence-corrected chi connectivity index (χ4v) is 3.86. The van der Waals surface area contributed by atoms with Gasteiger partial charge in [0.25, 0.3) is 0 Å². The quantitative estimate of drug-likeness (QED) is 0.488. The number of nitrogens with zero attached hydrogens (tertiary/aromatic N) is 3. The normalized spacial score (nSPS) is 14.5. The summed E-state index contributed by atoms with van der Waals surface area (Å²) in [4.78, 5) is 15.5. The summed E-state index contributed by atoms with van der Waals surface area (Å²) in [5.74, 6) is 0.474. The van der Waals surface area contributed by atoms with Gasteiger partial charge in [0, 0.05) is 15.7 Å². The first-order chi connectivity index (χ1) is 14.5. The van der Waals surface area contributed by atoms with Gasteiger partial charge in [-0.15, -0.1) is 10.2 Å². The van der Waals surface area contributed by atoms with Crippen molar-refractivity contribution in [1.29, 1.82) is 0 Å². The number of para-hydroxylation sites is 1. The third-order valence-corrected chi connectivity index (χ3v) is 5.43. The summed E-state index contributed by atoms with van der Waals surface area (Å²) >= 11 is 4.93. The van der Waals surface area contributed by atoms with Crippen molar-refractivity contribution in [2.75, 3.05) is 17.7 Å². The fourth-order valence-electron chi connectivity index (χ4n) is 2.97. The molecule has 0 radical (unpaired) electrons. The molecule has 0 fully saturated rings. The van der Waals surface area contributed by atoms with Crippen LogP contribution in [0.25, 0.3) is 11.3 Å². The number of thioether (sulfide) groups is 1. The molecule has 1 aliphatic rings. The van der Waals surface area contributed by atoms with E-state index in [0.29, 0.717) is 28.0 Å². The lowest BCUT2D eigenvalue weighted by molar-refractivity contribution is -0.139. The van der Waals surface area contributed by atoms with Crippen LogP contribution in [-0.2, 0) is 4.79 Å². The summed E-state index contributed by atoms with van der Waals surface area (Å²) in [6.07, 6.45) is -0.690. The van der Waals surface area contributed by atoms with Crippen LogP contribution >= 0.6 is 27.7 Å². The number of anilines is 1. The molecular weight excluding hydrogens is 472 g/mol. The van der Waals surface area contributed by atoms with Crippen molar-refractivity contribution in [1.82, 2.24) is 15.2 Å². The molecule has 0 spiro atoms. The van der Waals surface area contributed by atoms with E-state index in [1.807, 2.05) is 37.3 Å². The third-order valence-electron chi connectivity index (χ3n) is 4.21. The maximum atomic E-state index is 11.0. The number of ether oxygens (including phenoxy) is 2. The zero-order valence-corrected chi connectivity index (χ0v) is 18.2. The maximum absolute atomic E-state index is 11.0. The van der Waals surface area contributed by atoms with Gasteiger partial charge in [-0.25, -0.2) is 4.79 Å². The van der Waals surface area contributed by atoms with Crippen LogP contribution in [0.4, 0.5) is 5.69 Å². The van der Waals surface area contributed by atoms with E-state index >= 15 is 0 Å². The summed E-state index contributed by atoms with van der Waals surface area (Å²) in [6.45, 7) is 1.54. The van der Waals surface area contributed by atoms with Crippen molar-refractivity contribution < 1.29 is 19.4 Å². The molecule has 0 aliphatic carbocycles. The smallest absolute Gasteiger partial charge is 0.341 e. The summed E-state index contributed by atoms with van der Waals surface area (Å²) < 4.78 is 12.5. The molecule has 2 aromatic carbocycles. The molecule has 1 unspecified atom stereocenters. The number of rotatable bonds is 6. The minimum Gasteiger partial charge on any atom is -0.481 e. The lowest BCUT2D eigenvalue weighted by Gasteiger charge is -2.22. The Kier molecular flexibility index (Phi) is 6.05. The Morgan fingerprint density at radius 3 is 2.93 bits per heavy atom. The molecule has 0 bridgehead atoms. The topological polar surface area (TPSA) is 106 Å². The minimum absolute atomic E-state index is 0.340. The average molecular weight is 489 g/mol. The van der Waals surface area contributed by atoms with Crippen LogP contribution in [-0.4, -0.2) is 38.6 Å². The van der Waals surface area contributed by atoms with Crippen LogP contribution < -0.4 is 14.8 Å². The first-order valence-corrected chi connectivity index (χ1v) is 10.9. The number of hydrogen-bond acceptors (Lipinski definition) is 8. The fraction of sp³-hybridized carbons (Fsp3) is 0.200. The van der Waals surface area contributed by atoms with Gasteiger partial charge in [-0.1, -0.05) is 52.8 Å². The number of carboxylic acid groups (broad SMARTS) is 1. The minimum atomic E-state index is -1.06. The molecule has 3 aromatic rings.